The van der Waals surface area contributed by atoms with E-state index in [0.29, 0.717) is 19.5 Å². The van der Waals surface area contributed by atoms with Gasteiger partial charge in [-0.15, -0.1) is 0 Å². The first kappa shape index (κ1) is 27.1. The van der Waals surface area contributed by atoms with Crippen LogP contribution in [0, 0.1) is 0 Å². The SMILES string of the molecule is CCOC(=O)[C@@H]1[C@@H](C(=O)N[C@@H](Cc2ccccc2)C(=O)NCc2cccc3ccccc23)N1Cc1ccccc1. The molecule has 0 spiro atoms. The molecule has 1 heterocycles. The van der Waals surface area contributed by atoms with E-state index in [1.54, 1.807) is 11.8 Å². The highest BCUT2D eigenvalue weighted by molar-refractivity contribution is 5.98. The summed E-state index contributed by atoms with van der Waals surface area (Å²) in [6.45, 7) is 2.73. The topological polar surface area (TPSA) is 87.5 Å². The molecule has 7 heteroatoms. The van der Waals surface area contributed by atoms with Crippen molar-refractivity contribution in [2.75, 3.05) is 6.61 Å². The molecule has 1 aliphatic heterocycles. The van der Waals surface area contributed by atoms with E-state index < -0.39 is 24.1 Å². The van der Waals surface area contributed by atoms with E-state index in [9.17, 15) is 14.4 Å². The van der Waals surface area contributed by atoms with Crippen LogP contribution in [-0.4, -0.2) is 47.4 Å². The molecule has 40 heavy (non-hydrogen) atoms. The molecule has 7 nitrogen and oxygen atoms in total. The molecule has 2 amide bonds. The number of esters is 1. The molecule has 1 saturated heterocycles. The molecule has 0 bridgehead atoms. The van der Waals surface area contributed by atoms with Crippen LogP contribution < -0.4 is 10.6 Å². The quantitative estimate of drug-likeness (QED) is 0.224. The lowest BCUT2D eigenvalue weighted by Crippen LogP contribution is -2.49. The van der Waals surface area contributed by atoms with Crippen molar-refractivity contribution in [2.24, 2.45) is 0 Å². The van der Waals surface area contributed by atoms with Gasteiger partial charge in [0.25, 0.3) is 0 Å². The van der Waals surface area contributed by atoms with Crippen LogP contribution in [0.4, 0.5) is 0 Å². The number of amides is 2. The van der Waals surface area contributed by atoms with Gasteiger partial charge in [-0.3, -0.25) is 19.3 Å². The molecule has 0 radical (unpaired) electrons. The first-order valence-corrected chi connectivity index (χ1v) is 13.6. The molecule has 204 valence electrons. The third-order valence-electron chi connectivity index (χ3n) is 7.18. The Labute approximate surface area is 234 Å². The van der Waals surface area contributed by atoms with Crippen molar-refractivity contribution < 1.29 is 19.1 Å². The smallest absolute Gasteiger partial charge is 0.325 e. The van der Waals surface area contributed by atoms with Gasteiger partial charge in [-0.25, -0.2) is 0 Å². The van der Waals surface area contributed by atoms with Crippen LogP contribution >= 0.6 is 0 Å². The fraction of sp³-hybridized carbons (Fsp3) is 0.242. The van der Waals surface area contributed by atoms with Crippen molar-refractivity contribution >= 4 is 28.6 Å². The van der Waals surface area contributed by atoms with Crippen molar-refractivity contribution in [1.29, 1.82) is 0 Å². The van der Waals surface area contributed by atoms with Crippen molar-refractivity contribution in [2.45, 2.75) is 44.6 Å². The van der Waals surface area contributed by atoms with Crippen LogP contribution in [0.15, 0.2) is 103 Å². The lowest BCUT2D eigenvalue weighted by atomic mass is 10.0. The van der Waals surface area contributed by atoms with Crippen molar-refractivity contribution in [3.63, 3.8) is 0 Å². The van der Waals surface area contributed by atoms with Crippen molar-refractivity contribution in [3.8, 4) is 0 Å². The molecule has 0 aliphatic carbocycles. The Balaban J connectivity index is 1.32. The van der Waals surface area contributed by atoms with Gasteiger partial charge in [0.2, 0.25) is 11.8 Å². The van der Waals surface area contributed by atoms with Crippen LogP contribution in [0.5, 0.6) is 0 Å². The van der Waals surface area contributed by atoms with Gasteiger partial charge in [-0.05, 0) is 34.4 Å². The zero-order valence-corrected chi connectivity index (χ0v) is 22.5. The first-order chi connectivity index (χ1) is 19.5. The average Bonchev–Trinajstić information content (AvgIpc) is 3.70. The Hall–Kier alpha value is -4.49. The van der Waals surface area contributed by atoms with E-state index in [1.807, 2.05) is 103 Å². The highest BCUT2D eigenvalue weighted by Crippen LogP contribution is 2.32. The fourth-order valence-electron chi connectivity index (χ4n) is 5.12. The Bertz CT molecular complexity index is 1470. The first-order valence-electron chi connectivity index (χ1n) is 13.6. The van der Waals surface area contributed by atoms with Gasteiger partial charge in [-0.2, -0.15) is 0 Å². The van der Waals surface area contributed by atoms with Crippen LogP contribution in [0.3, 0.4) is 0 Å². The maximum atomic E-state index is 13.5. The number of nitrogens with one attached hydrogen (secondary N) is 2. The molecular weight excluding hydrogens is 502 g/mol. The number of fused-ring (bicyclic) bond motifs is 1. The predicted molar refractivity (Wildman–Crippen MR) is 154 cm³/mol. The Morgan fingerprint density at radius 2 is 1.45 bits per heavy atom. The molecule has 1 fully saturated rings. The summed E-state index contributed by atoms with van der Waals surface area (Å²) >= 11 is 0. The number of nitrogens with zero attached hydrogens (tertiary/aromatic N) is 1. The molecule has 0 aromatic heterocycles. The van der Waals surface area contributed by atoms with Crippen LogP contribution in [0.25, 0.3) is 10.8 Å². The molecule has 1 aliphatic rings. The van der Waals surface area contributed by atoms with Crippen LogP contribution in [0.2, 0.25) is 0 Å². The van der Waals surface area contributed by atoms with E-state index in [-0.39, 0.29) is 18.4 Å². The lowest BCUT2D eigenvalue weighted by Gasteiger charge is -2.19. The maximum absolute atomic E-state index is 13.5. The number of carbonyl (C=O) groups is 3. The third-order valence-corrected chi connectivity index (χ3v) is 7.18. The largest absolute Gasteiger partial charge is 0.465 e. The Morgan fingerprint density at radius 1 is 0.800 bits per heavy atom. The monoisotopic (exact) mass is 535 g/mol. The van der Waals surface area contributed by atoms with Crippen molar-refractivity contribution in [3.05, 3.63) is 120 Å². The number of carbonyl (C=O) groups excluding carboxylic acids is 3. The lowest BCUT2D eigenvalue weighted by molar-refractivity contribution is -0.143. The van der Waals surface area contributed by atoms with E-state index in [4.69, 9.17) is 4.74 Å². The maximum Gasteiger partial charge on any atom is 0.325 e. The number of benzene rings is 4. The Morgan fingerprint density at radius 3 is 2.17 bits per heavy atom. The van der Waals surface area contributed by atoms with E-state index in [2.05, 4.69) is 10.6 Å². The zero-order valence-electron chi connectivity index (χ0n) is 22.5. The number of hydrogen-bond donors (Lipinski definition) is 2. The molecule has 5 rings (SSSR count). The molecule has 0 saturated carbocycles. The van der Waals surface area contributed by atoms with Crippen LogP contribution in [-0.2, 0) is 38.6 Å². The summed E-state index contributed by atoms with van der Waals surface area (Å²) in [6.07, 6.45) is 0.323. The normalized spacial score (nSPS) is 18.5. The number of ether oxygens (including phenoxy) is 1. The summed E-state index contributed by atoms with van der Waals surface area (Å²) in [5.41, 5.74) is 2.91. The summed E-state index contributed by atoms with van der Waals surface area (Å²) in [5, 5.41) is 8.13. The average molecular weight is 536 g/mol. The summed E-state index contributed by atoms with van der Waals surface area (Å²) in [6, 6.07) is 31.1. The Kier molecular flexibility index (Phi) is 8.52. The van der Waals surface area contributed by atoms with Gasteiger partial charge < -0.3 is 15.4 Å². The van der Waals surface area contributed by atoms with E-state index in [0.717, 1.165) is 27.5 Å². The van der Waals surface area contributed by atoms with Gasteiger partial charge in [0.05, 0.1) is 6.61 Å². The minimum absolute atomic E-state index is 0.232. The second-order valence-corrected chi connectivity index (χ2v) is 9.91. The molecule has 4 aromatic rings. The van der Waals surface area contributed by atoms with Gasteiger partial charge in [0, 0.05) is 19.5 Å². The summed E-state index contributed by atoms with van der Waals surface area (Å²) in [4.78, 5) is 41.5. The number of hydrogen-bond acceptors (Lipinski definition) is 5. The van der Waals surface area contributed by atoms with E-state index in [1.165, 1.54) is 0 Å². The summed E-state index contributed by atoms with van der Waals surface area (Å²) in [7, 11) is 0. The standard InChI is InChI=1S/C33H33N3O4/c1-2-40-33(39)30-29(36(30)22-24-14-7-4-8-15-24)32(38)35-28(20-23-12-5-3-6-13-23)31(37)34-21-26-18-11-17-25-16-9-10-19-27(25)26/h3-19,28-30H,2,20-22H2,1H3,(H,34,37)(H,35,38)/t28-,29-,30-,36?/m0/s1. The third kappa shape index (κ3) is 6.38. The molecule has 4 atom stereocenters. The molecular formula is C33H33N3O4. The second kappa shape index (κ2) is 12.6. The van der Waals surface area contributed by atoms with Gasteiger partial charge in [0.15, 0.2) is 0 Å². The molecule has 2 N–H and O–H groups in total. The van der Waals surface area contributed by atoms with Crippen LogP contribution in [0.1, 0.15) is 23.6 Å². The van der Waals surface area contributed by atoms with Gasteiger partial charge in [-0.1, -0.05) is 103 Å². The predicted octanol–water partition coefficient (Wildman–Crippen LogP) is 4.00. The minimum atomic E-state index is -0.813. The second-order valence-electron chi connectivity index (χ2n) is 9.91. The molecule has 4 aromatic carbocycles. The number of rotatable bonds is 11. The van der Waals surface area contributed by atoms with Gasteiger partial charge in [0.1, 0.15) is 18.1 Å². The highest BCUT2D eigenvalue weighted by atomic mass is 16.5. The summed E-state index contributed by atoms with van der Waals surface area (Å²) < 4.78 is 5.25. The minimum Gasteiger partial charge on any atom is -0.465 e. The van der Waals surface area contributed by atoms with Gasteiger partial charge >= 0.3 is 5.97 Å². The van der Waals surface area contributed by atoms with Crippen molar-refractivity contribution in [1.82, 2.24) is 15.5 Å². The van der Waals surface area contributed by atoms with E-state index >= 15 is 0 Å². The zero-order chi connectivity index (χ0) is 27.9. The molecule has 1 unspecified atom stereocenters. The fourth-order valence-corrected chi connectivity index (χ4v) is 5.12. The summed E-state index contributed by atoms with van der Waals surface area (Å²) in [5.74, 6) is -1.08. The highest BCUT2D eigenvalue weighted by Gasteiger charge is 2.58.